The molecule has 0 unspecified atom stereocenters. The zero-order valence-corrected chi connectivity index (χ0v) is 71.3. The number of rotatable bonds is 75. The van der Waals surface area contributed by atoms with Gasteiger partial charge in [-0.2, -0.15) is 12.8 Å². The van der Waals surface area contributed by atoms with E-state index in [2.05, 4.69) is 104 Å². The monoisotopic (exact) mass is 1460 g/mol. The van der Waals surface area contributed by atoms with Crippen molar-refractivity contribution in [1.82, 2.24) is 0 Å². The van der Waals surface area contributed by atoms with Gasteiger partial charge >= 0.3 is 16.5 Å². The van der Waals surface area contributed by atoms with E-state index in [0.717, 1.165) is 61.0 Å². The van der Waals surface area contributed by atoms with Crippen LogP contribution in [-0.4, -0.2) is 4.70 Å². The van der Waals surface area contributed by atoms with Crippen LogP contribution < -0.4 is 0 Å². The molecule has 2 aromatic carbocycles. The Labute approximate surface area is 652 Å². The van der Waals surface area contributed by atoms with Crippen LogP contribution in [0.3, 0.4) is 0 Å². The molecule has 102 heavy (non-hydrogen) atoms. The standard InChI is InChI=1S/C45H70N2.2C27H55.Ni/c1-5-9-13-16-19-23-26-38-30-34-40(35-31-38)44-42(28-22-12-8-4)43(29-25-21-18-15-11-7-3)45(47(44)46)41-36-32-39(33-37-41)27-24-20-17-14-10-6-2;2*1-3-5-7-9-11-13-15-17-19-21-23-25-27-26-24-22-20-18-16-14-12-10-8-6-4-2;/h30-37H,5-29H2,1-4H3;2*1,3-27H2,2H3;/q;2*-1;+2. The van der Waals surface area contributed by atoms with Crippen molar-refractivity contribution in [2.75, 3.05) is 0 Å². The summed E-state index contributed by atoms with van der Waals surface area (Å²) in [5.74, 6) is 0. The van der Waals surface area contributed by atoms with E-state index in [1.165, 1.54) is 465 Å². The first-order valence-electron chi connectivity index (χ1n) is 46.7. The van der Waals surface area contributed by atoms with Gasteiger partial charge in [0.05, 0.1) is 0 Å². The number of allylic oxidation sites excluding steroid dienone is 2. The number of benzene rings is 2. The van der Waals surface area contributed by atoms with E-state index in [1.54, 1.807) is 4.70 Å². The van der Waals surface area contributed by atoms with Crippen LogP contribution in [0.4, 0.5) is 0 Å². The molecule has 0 aromatic heterocycles. The molecule has 0 fully saturated rings. The molecule has 0 radical (unpaired) electrons. The summed E-state index contributed by atoms with van der Waals surface area (Å²) < 4.78 is 1.58. The number of nitrogens with zero attached hydrogens (tertiary/aromatic N) is 2. The Balaban J connectivity index is 0.00000160. The van der Waals surface area contributed by atoms with Crippen LogP contribution in [0.25, 0.3) is 16.9 Å². The summed E-state index contributed by atoms with van der Waals surface area (Å²) in [6.07, 6.45) is 104. The predicted octanol–water partition coefficient (Wildman–Crippen LogP) is 36.2. The van der Waals surface area contributed by atoms with Gasteiger partial charge in [0.25, 0.3) is 0 Å². The van der Waals surface area contributed by atoms with Crippen LogP contribution >= 0.6 is 0 Å². The van der Waals surface area contributed by atoms with Gasteiger partial charge in [0.2, 0.25) is 11.4 Å². The van der Waals surface area contributed by atoms with Crippen LogP contribution in [0.5, 0.6) is 0 Å². The number of hydrogen-bond acceptors (Lipinski definition) is 0. The van der Waals surface area contributed by atoms with Crippen LogP contribution in [0, 0.1) is 13.8 Å². The normalized spacial score (nSPS) is 12.2. The van der Waals surface area contributed by atoms with Gasteiger partial charge in [0.1, 0.15) is 0 Å². The van der Waals surface area contributed by atoms with Gasteiger partial charge in [-0.3, -0.25) is 0 Å². The molecule has 0 spiro atoms. The molecule has 596 valence electrons. The van der Waals surface area contributed by atoms with Crippen LogP contribution in [-0.2, 0) is 29.3 Å². The molecule has 2 nitrogen and oxygen atoms in total. The Bertz CT molecular complexity index is 1950. The third kappa shape index (κ3) is 61.0. The Morgan fingerprint density at radius 1 is 0.206 bits per heavy atom. The fraction of sp³-hybridized carbons (Fsp3) is 0.818. The first-order chi connectivity index (χ1) is 50.0. The van der Waals surface area contributed by atoms with E-state index in [1.807, 2.05) is 0 Å². The Hall–Kier alpha value is -1.99. The van der Waals surface area contributed by atoms with Gasteiger partial charge in [-0.15, -0.1) is 0 Å². The van der Waals surface area contributed by atoms with Crippen LogP contribution in [0.1, 0.15) is 533 Å². The summed E-state index contributed by atoms with van der Waals surface area (Å²) in [6, 6.07) is 18.4. The molecule has 0 saturated heterocycles. The van der Waals surface area contributed by atoms with Gasteiger partial charge in [-0.05, 0) is 86.8 Å². The molecule has 3 rings (SSSR count). The molecule has 1 heterocycles. The summed E-state index contributed by atoms with van der Waals surface area (Å²) in [6.45, 7) is 21.6. The minimum absolute atomic E-state index is 0. The summed E-state index contributed by atoms with van der Waals surface area (Å²) >= 11 is 0. The number of aryl methyl sites for hydroxylation is 2. The van der Waals surface area contributed by atoms with Crippen molar-refractivity contribution < 1.29 is 21.2 Å². The molecular weight excluding hydrogens is 1280 g/mol. The van der Waals surface area contributed by atoms with Gasteiger partial charge < -0.3 is 19.4 Å². The summed E-state index contributed by atoms with van der Waals surface area (Å²) in [5, 5.41) is 0. The van der Waals surface area contributed by atoms with Gasteiger partial charge in [0.15, 0.2) is 0 Å². The second kappa shape index (κ2) is 81.5. The van der Waals surface area contributed by atoms with E-state index in [4.69, 9.17) is 0 Å². The van der Waals surface area contributed by atoms with E-state index in [0.29, 0.717) is 0 Å². The van der Waals surface area contributed by atoms with E-state index >= 15 is 0 Å². The summed E-state index contributed by atoms with van der Waals surface area (Å²) in [4.78, 5) is 0. The van der Waals surface area contributed by atoms with Crippen molar-refractivity contribution >= 4 is 11.4 Å². The molecule has 2 aromatic rings. The summed E-state index contributed by atoms with van der Waals surface area (Å²) in [5.41, 5.74) is 22.0. The maximum Gasteiger partial charge on any atom is 2.00 e. The topological polar surface area (TPSA) is 25.3 Å². The van der Waals surface area contributed by atoms with Crippen LogP contribution in [0.15, 0.2) is 59.7 Å². The number of hydrogen-bond donors (Lipinski definition) is 0. The quantitative estimate of drug-likeness (QED) is 0.0273. The smallest absolute Gasteiger partial charge is 0.493 e. The van der Waals surface area contributed by atoms with Crippen molar-refractivity contribution in [3.8, 4) is 0 Å². The van der Waals surface area contributed by atoms with Crippen molar-refractivity contribution in [2.24, 2.45) is 0 Å². The van der Waals surface area contributed by atoms with Crippen LogP contribution in [0.2, 0.25) is 0 Å². The molecule has 0 amide bonds. The first-order valence-corrected chi connectivity index (χ1v) is 46.7. The first kappa shape index (κ1) is 100. The fourth-order valence-electron chi connectivity index (χ4n) is 15.6. The molecule has 0 saturated carbocycles. The second-order valence-corrected chi connectivity index (χ2v) is 32.3. The minimum Gasteiger partial charge on any atom is -0.493 e. The van der Waals surface area contributed by atoms with Crippen molar-refractivity contribution in [3.05, 3.63) is 101 Å². The van der Waals surface area contributed by atoms with Crippen molar-refractivity contribution in [2.45, 2.75) is 523 Å². The molecule has 0 bridgehead atoms. The maximum absolute atomic E-state index is 12.1. The second-order valence-electron chi connectivity index (χ2n) is 32.3. The largest absolute Gasteiger partial charge is 2.00 e. The number of unbranched alkanes of at least 4 members (excludes halogenated alkanes) is 65. The van der Waals surface area contributed by atoms with E-state index < -0.39 is 0 Å². The molecule has 0 N–H and O–H groups in total. The molecule has 1 aliphatic heterocycles. The molecule has 0 aliphatic carbocycles. The van der Waals surface area contributed by atoms with Gasteiger partial charge in [0, 0.05) is 22.3 Å². The summed E-state index contributed by atoms with van der Waals surface area (Å²) in [7, 11) is 0. The van der Waals surface area contributed by atoms with E-state index in [-0.39, 0.29) is 16.5 Å². The Kier molecular flexibility index (Phi) is 79.9. The SMILES string of the molecule is CCCCCCCCC1=C(c2ccc(CCCCCCCC)cc2)[N+](=[N-])C(c2ccc(CCCCCCCC)cc2)=C1CCCCC.[CH2-]CCCCCCCCCCCCCCCCCCCCCCCCCC.[CH2-]CCCCCCCCCCCCCCCCCCCCCCCCCC.[Ni+2]. The minimum atomic E-state index is 0. The van der Waals surface area contributed by atoms with Crippen molar-refractivity contribution in [1.29, 1.82) is 0 Å². The molecule has 3 heteroatoms. The molecular formula is C99H180N2Ni. The average Bonchev–Trinajstić information content (AvgIpc) is 1.61. The Morgan fingerprint density at radius 2 is 0.353 bits per heavy atom. The predicted molar refractivity (Wildman–Crippen MR) is 460 cm³/mol. The third-order valence-electron chi connectivity index (χ3n) is 22.5. The van der Waals surface area contributed by atoms with Gasteiger partial charge in [-0.25, -0.2) is 4.70 Å². The average molecular weight is 1460 g/mol. The van der Waals surface area contributed by atoms with Gasteiger partial charge in [-0.1, -0.05) is 483 Å². The fourth-order valence-corrected chi connectivity index (χ4v) is 15.6. The third-order valence-corrected chi connectivity index (χ3v) is 22.5. The molecule has 0 atom stereocenters. The molecule has 1 aliphatic rings. The van der Waals surface area contributed by atoms with E-state index in [9.17, 15) is 5.53 Å². The zero-order chi connectivity index (χ0) is 72.9. The Morgan fingerprint density at radius 3 is 0.539 bits per heavy atom. The zero-order valence-electron chi connectivity index (χ0n) is 70.3. The van der Waals surface area contributed by atoms with Crippen molar-refractivity contribution in [3.63, 3.8) is 0 Å². The maximum atomic E-state index is 12.1.